The third-order valence-electron chi connectivity index (χ3n) is 8.91. The zero-order valence-corrected chi connectivity index (χ0v) is 32.4. The summed E-state index contributed by atoms with van der Waals surface area (Å²) in [6.07, 6.45) is 0. The van der Waals surface area contributed by atoms with E-state index in [0.29, 0.717) is 0 Å². The molecule has 0 saturated heterocycles. The van der Waals surface area contributed by atoms with E-state index in [-0.39, 0.29) is 29.9 Å². The molecule has 0 radical (unpaired) electrons. The first-order valence-electron chi connectivity index (χ1n) is 15.7. The van der Waals surface area contributed by atoms with Crippen LogP contribution in [0.3, 0.4) is 0 Å². The van der Waals surface area contributed by atoms with Crippen molar-refractivity contribution < 1.29 is 0 Å². The molecule has 8 aromatic rings. The quantitative estimate of drug-likeness (QED) is 0.167. The van der Waals surface area contributed by atoms with E-state index in [0.717, 1.165) is 43.3 Å². The molecule has 0 N–H and O–H groups in total. The number of fused-ring (bicyclic) bond motifs is 6. The Morgan fingerprint density at radius 1 is 0.440 bits per heavy atom. The van der Waals surface area contributed by atoms with Gasteiger partial charge in [-0.1, -0.05) is 0 Å². The molecule has 0 unspecified atom stereocenters. The maximum atomic E-state index is 4.92. The van der Waals surface area contributed by atoms with Crippen LogP contribution in [0, 0.1) is 0 Å². The molecule has 0 atom stereocenters. The van der Waals surface area contributed by atoms with E-state index in [4.69, 9.17) is 17.5 Å². The molecule has 3 aromatic heterocycles. The monoisotopic (exact) mass is 848 g/mol. The van der Waals surface area contributed by atoms with E-state index >= 15 is 0 Å². The molecule has 3 aliphatic rings. The van der Waals surface area contributed by atoms with Crippen LogP contribution in [-0.4, -0.2) is 38.7 Å². The van der Waals surface area contributed by atoms with Crippen LogP contribution in [-0.2, 0) is 11.4 Å². The van der Waals surface area contributed by atoms with Crippen molar-refractivity contribution in [2.75, 3.05) is 9.80 Å². The Morgan fingerprint density at radius 2 is 0.820 bits per heavy atom. The van der Waals surface area contributed by atoms with E-state index in [1.165, 1.54) is 73.7 Å². The summed E-state index contributed by atoms with van der Waals surface area (Å²) in [5.41, 5.74) is 10.6. The van der Waals surface area contributed by atoms with Gasteiger partial charge in [0.2, 0.25) is 0 Å². The third-order valence-corrected chi connectivity index (χ3v) is 16.9. The first-order chi connectivity index (χ1) is 24.8. The van der Waals surface area contributed by atoms with E-state index in [9.17, 15) is 0 Å². The third kappa shape index (κ3) is 4.48. The van der Waals surface area contributed by atoms with Crippen molar-refractivity contribution in [1.82, 2.24) is 8.75 Å². The predicted molar refractivity (Wildman–Crippen MR) is 215 cm³/mol. The zero-order chi connectivity index (χ0) is 32.8. The standard InChI is InChI=1S/C38H20N6S4Se2/c1-5-13-27-21(9-1)43(22-10-2-6-14-28(22)49-27)31-19-17-25(45-31)33-35-37(41-47-39-35)34(38-36(33)40-48-42-38)26-18-20-32(46-26)44-23-11-3-7-15-29(23)50-30-16-8-4-12-24(30)44/h1-20H. The minimum absolute atomic E-state index is 0.264. The van der Waals surface area contributed by atoms with Gasteiger partial charge in [0.25, 0.3) is 0 Å². The Morgan fingerprint density at radius 3 is 1.22 bits per heavy atom. The maximum absolute atomic E-state index is 4.92. The Hall–Kier alpha value is -4.22. The molecule has 3 aliphatic heterocycles. The number of anilines is 6. The van der Waals surface area contributed by atoms with Crippen LogP contribution in [0.4, 0.5) is 44.1 Å². The Labute approximate surface area is 315 Å². The van der Waals surface area contributed by atoms with Crippen LogP contribution in [0.2, 0.25) is 0 Å². The molecule has 238 valence electrons. The molecular formula is C38H20N6S4Se2. The molecule has 11 rings (SSSR count). The number of hydrogen-bond donors (Lipinski definition) is 0. The number of thiophene rings is 2. The van der Waals surface area contributed by atoms with Crippen LogP contribution >= 0.6 is 34.4 Å². The fourth-order valence-corrected chi connectivity index (χ4v) is 14.5. The number of rotatable bonds is 4. The van der Waals surface area contributed by atoms with Gasteiger partial charge in [-0.3, -0.25) is 0 Å². The van der Waals surface area contributed by atoms with Gasteiger partial charge in [-0.05, 0) is 0 Å². The molecule has 0 aliphatic carbocycles. The SMILES string of the molecule is c1ccc2c(c1)[Se]c1ccccc1N2c1ccc(-c2c3c(c(-c4ccc(N5c6ccccc6[Se]c6ccccc65)s4)c4nsnc24)N=S=N3)s1. The van der Waals surface area contributed by atoms with Gasteiger partial charge in [-0.2, -0.15) is 0 Å². The Bertz CT molecular complexity index is 2490. The molecule has 5 aromatic carbocycles. The van der Waals surface area contributed by atoms with Crippen LogP contribution in [0.5, 0.6) is 0 Å². The van der Waals surface area contributed by atoms with Crippen molar-refractivity contribution in [1.29, 1.82) is 0 Å². The van der Waals surface area contributed by atoms with Crippen molar-refractivity contribution in [3.8, 4) is 20.9 Å². The number of nitrogens with zero attached hydrogens (tertiary/aromatic N) is 6. The van der Waals surface area contributed by atoms with E-state index < -0.39 is 0 Å². The number of aromatic nitrogens is 2. The van der Waals surface area contributed by atoms with Crippen molar-refractivity contribution >= 4 is 149 Å². The zero-order valence-electron chi connectivity index (χ0n) is 25.7. The number of para-hydroxylation sites is 4. The summed E-state index contributed by atoms with van der Waals surface area (Å²) < 4.78 is 25.2. The molecule has 0 bridgehead atoms. The van der Waals surface area contributed by atoms with E-state index in [1.54, 1.807) is 22.7 Å². The van der Waals surface area contributed by atoms with Crippen LogP contribution in [0.1, 0.15) is 0 Å². The molecule has 12 heteroatoms. The van der Waals surface area contributed by atoms with Gasteiger partial charge in [0.15, 0.2) is 0 Å². The average molecular weight is 847 g/mol. The molecular weight excluding hydrogens is 827 g/mol. The summed E-state index contributed by atoms with van der Waals surface area (Å²) in [5, 5.41) is 2.33. The first-order valence-corrected chi connectivity index (χ1v) is 22.2. The van der Waals surface area contributed by atoms with Crippen molar-refractivity contribution in [2.45, 2.75) is 0 Å². The van der Waals surface area contributed by atoms with E-state index in [2.05, 4.69) is 131 Å². The normalized spacial score (nSPS) is 13.8. The average Bonchev–Trinajstić information content (AvgIpc) is 4.00. The molecule has 6 heterocycles. The predicted octanol–water partition coefficient (Wildman–Crippen LogP) is 8.75. The summed E-state index contributed by atoms with van der Waals surface area (Å²) >= 11 is 6.59. The summed E-state index contributed by atoms with van der Waals surface area (Å²) in [7, 11) is 0. The Kier molecular flexibility index (Phi) is 6.88. The van der Waals surface area contributed by atoms with Crippen molar-refractivity contribution in [3.63, 3.8) is 0 Å². The fourth-order valence-electron chi connectivity index (χ4n) is 6.77. The second-order valence-corrected chi connectivity index (χ2v) is 19.4. The molecule has 50 heavy (non-hydrogen) atoms. The van der Waals surface area contributed by atoms with Gasteiger partial charge in [0, 0.05) is 0 Å². The molecule has 0 saturated carbocycles. The summed E-state index contributed by atoms with van der Waals surface area (Å²) in [6, 6.07) is 44.0. The van der Waals surface area contributed by atoms with Crippen LogP contribution in [0.25, 0.3) is 31.9 Å². The second kappa shape index (κ2) is 11.7. The number of hydrogen-bond acceptors (Lipinski definition) is 9. The number of benzene rings is 5. The summed E-state index contributed by atoms with van der Waals surface area (Å²) in [6.45, 7) is 0. The van der Waals surface area contributed by atoms with Gasteiger partial charge < -0.3 is 0 Å². The van der Waals surface area contributed by atoms with Gasteiger partial charge in [-0.25, -0.2) is 0 Å². The van der Waals surface area contributed by atoms with Gasteiger partial charge in [0.05, 0.1) is 0 Å². The van der Waals surface area contributed by atoms with Gasteiger partial charge in [0.1, 0.15) is 0 Å². The van der Waals surface area contributed by atoms with Gasteiger partial charge >= 0.3 is 318 Å². The van der Waals surface area contributed by atoms with Crippen molar-refractivity contribution in [2.24, 2.45) is 8.73 Å². The van der Waals surface area contributed by atoms with Gasteiger partial charge in [-0.15, -0.1) is 0 Å². The van der Waals surface area contributed by atoms with Crippen molar-refractivity contribution in [3.05, 3.63) is 121 Å². The molecule has 0 amide bonds. The van der Waals surface area contributed by atoms with Crippen LogP contribution in [0.15, 0.2) is 130 Å². The fraction of sp³-hybridized carbons (Fsp3) is 0. The minimum atomic E-state index is 0.264. The summed E-state index contributed by atoms with van der Waals surface area (Å²) in [4.78, 5) is 7.05. The molecule has 0 fully saturated rings. The summed E-state index contributed by atoms with van der Waals surface area (Å²) in [5.74, 6) is 0. The van der Waals surface area contributed by atoms with Crippen LogP contribution < -0.4 is 27.6 Å². The molecule has 6 nitrogen and oxygen atoms in total. The van der Waals surface area contributed by atoms with E-state index in [1.807, 2.05) is 0 Å². The second-order valence-electron chi connectivity index (χ2n) is 11.7. The topological polar surface area (TPSA) is 57.0 Å². The first kappa shape index (κ1) is 29.5. The molecule has 0 spiro atoms. The Balaban J connectivity index is 1.04.